The molecule has 2 aromatic rings. The van der Waals surface area contributed by atoms with E-state index in [9.17, 15) is 18.4 Å². The Labute approximate surface area is 145 Å². The second-order valence-electron chi connectivity index (χ2n) is 5.05. The summed E-state index contributed by atoms with van der Waals surface area (Å²) < 4.78 is 36.2. The van der Waals surface area contributed by atoms with Crippen molar-refractivity contribution in [1.29, 1.82) is 0 Å². The summed E-state index contributed by atoms with van der Waals surface area (Å²) in [5.74, 6) is -2.58. The first-order valence-electron chi connectivity index (χ1n) is 7.06. The Balaban J connectivity index is 1.59. The first kappa shape index (κ1) is 17.0. The number of hydrogen-bond acceptors (Lipinski definition) is 4. The third-order valence-electron chi connectivity index (χ3n) is 3.30. The number of benzene rings is 2. The van der Waals surface area contributed by atoms with Crippen LogP contribution in [0.2, 0.25) is 5.02 Å². The van der Waals surface area contributed by atoms with Crippen LogP contribution in [0.4, 0.5) is 14.5 Å². The number of rotatable bonds is 4. The molecule has 2 N–H and O–H groups in total. The fourth-order valence-corrected chi connectivity index (χ4v) is 2.41. The van der Waals surface area contributed by atoms with Gasteiger partial charge >= 0.3 is 0 Å². The first-order chi connectivity index (χ1) is 11.9. The van der Waals surface area contributed by atoms with Crippen LogP contribution >= 0.6 is 11.6 Å². The molecule has 0 bridgehead atoms. The smallest absolute Gasteiger partial charge is 0.251 e. The zero-order valence-electron chi connectivity index (χ0n) is 12.6. The van der Waals surface area contributed by atoms with E-state index >= 15 is 0 Å². The fraction of sp³-hybridized carbons (Fsp3) is 0.125. The van der Waals surface area contributed by atoms with Crippen LogP contribution in [0.1, 0.15) is 10.4 Å². The average molecular weight is 369 g/mol. The molecule has 0 saturated heterocycles. The highest BCUT2D eigenvalue weighted by molar-refractivity contribution is 6.32. The van der Waals surface area contributed by atoms with Crippen LogP contribution in [0.5, 0.6) is 11.5 Å². The molecule has 1 aliphatic rings. The Morgan fingerprint density at radius 1 is 1.12 bits per heavy atom. The van der Waals surface area contributed by atoms with E-state index in [0.717, 1.165) is 12.1 Å². The van der Waals surface area contributed by atoms with Crippen molar-refractivity contribution in [2.45, 2.75) is 0 Å². The molecule has 3 rings (SSSR count). The van der Waals surface area contributed by atoms with Gasteiger partial charge in [0.1, 0.15) is 0 Å². The van der Waals surface area contributed by atoms with Gasteiger partial charge in [0.25, 0.3) is 5.91 Å². The van der Waals surface area contributed by atoms with Crippen molar-refractivity contribution in [2.24, 2.45) is 0 Å². The molecule has 9 heteroatoms. The van der Waals surface area contributed by atoms with Gasteiger partial charge in [-0.3, -0.25) is 9.59 Å². The molecule has 0 radical (unpaired) electrons. The summed E-state index contributed by atoms with van der Waals surface area (Å²) in [5.41, 5.74) is 0.263. The number of amides is 2. The zero-order valence-corrected chi connectivity index (χ0v) is 13.3. The molecule has 2 amide bonds. The van der Waals surface area contributed by atoms with E-state index in [4.69, 9.17) is 21.1 Å². The lowest BCUT2D eigenvalue weighted by atomic mass is 10.2. The number of fused-ring (bicyclic) bond motifs is 1. The van der Waals surface area contributed by atoms with Gasteiger partial charge in [-0.05, 0) is 24.3 Å². The van der Waals surface area contributed by atoms with Crippen LogP contribution in [0.25, 0.3) is 0 Å². The number of ether oxygens (including phenoxy) is 2. The summed E-state index contributed by atoms with van der Waals surface area (Å²) in [5, 5.41) is 4.94. The van der Waals surface area contributed by atoms with Gasteiger partial charge in [0.05, 0.1) is 11.6 Å². The van der Waals surface area contributed by atoms with E-state index in [-0.39, 0.29) is 29.6 Å². The molecule has 1 heterocycles. The molecule has 6 nitrogen and oxygen atoms in total. The normalized spacial score (nSPS) is 12.0. The van der Waals surface area contributed by atoms with Gasteiger partial charge in [-0.25, -0.2) is 8.78 Å². The van der Waals surface area contributed by atoms with Gasteiger partial charge < -0.3 is 20.1 Å². The molecule has 2 aromatic carbocycles. The topological polar surface area (TPSA) is 76.7 Å². The van der Waals surface area contributed by atoms with E-state index in [1.807, 2.05) is 0 Å². The summed E-state index contributed by atoms with van der Waals surface area (Å²) in [4.78, 5) is 23.9. The first-order valence-corrected chi connectivity index (χ1v) is 7.44. The molecule has 0 saturated carbocycles. The van der Waals surface area contributed by atoms with Gasteiger partial charge in [0, 0.05) is 17.3 Å². The molecule has 25 heavy (non-hydrogen) atoms. The Hall–Kier alpha value is -2.87. The number of halogens is 3. The minimum absolute atomic E-state index is 0.0107. The molecular weight excluding hydrogens is 358 g/mol. The highest BCUT2D eigenvalue weighted by atomic mass is 35.5. The summed E-state index contributed by atoms with van der Waals surface area (Å²) in [7, 11) is 0. The van der Waals surface area contributed by atoms with Gasteiger partial charge in [-0.15, -0.1) is 0 Å². The molecule has 0 aliphatic carbocycles. The monoisotopic (exact) mass is 368 g/mol. The lowest BCUT2D eigenvalue weighted by Gasteiger charge is -2.08. The Morgan fingerprint density at radius 2 is 1.92 bits per heavy atom. The van der Waals surface area contributed by atoms with Crippen molar-refractivity contribution < 1.29 is 27.8 Å². The molecule has 130 valence electrons. The SMILES string of the molecule is O=C(CNC(=O)c1cc(Cl)c2c(c1)OCO2)Nc1ccc(F)c(F)c1. The predicted octanol–water partition coefficient (Wildman–Crippen LogP) is 2.72. The van der Waals surface area contributed by atoms with Crippen molar-refractivity contribution in [1.82, 2.24) is 5.32 Å². The predicted molar refractivity (Wildman–Crippen MR) is 84.9 cm³/mol. The van der Waals surface area contributed by atoms with Crippen molar-refractivity contribution >= 4 is 29.1 Å². The van der Waals surface area contributed by atoms with Crippen LogP contribution in [-0.2, 0) is 4.79 Å². The van der Waals surface area contributed by atoms with Gasteiger partial charge in [-0.1, -0.05) is 11.6 Å². The van der Waals surface area contributed by atoms with Crippen LogP contribution in [0, 0.1) is 11.6 Å². The summed E-state index contributed by atoms with van der Waals surface area (Å²) in [6.07, 6.45) is 0. The van der Waals surface area contributed by atoms with Crippen LogP contribution < -0.4 is 20.1 Å². The molecule has 1 aliphatic heterocycles. The van der Waals surface area contributed by atoms with Gasteiger partial charge in [0.15, 0.2) is 23.1 Å². The Morgan fingerprint density at radius 3 is 2.68 bits per heavy atom. The molecule has 0 aromatic heterocycles. The average Bonchev–Trinajstić information content (AvgIpc) is 3.05. The Bertz CT molecular complexity index is 860. The number of anilines is 1. The maximum atomic E-state index is 13.1. The third-order valence-corrected chi connectivity index (χ3v) is 3.58. The highest BCUT2D eigenvalue weighted by Gasteiger charge is 2.21. The highest BCUT2D eigenvalue weighted by Crippen LogP contribution is 2.39. The molecule has 0 unspecified atom stereocenters. The van der Waals surface area contributed by atoms with E-state index in [0.29, 0.717) is 11.5 Å². The van der Waals surface area contributed by atoms with Crippen molar-refractivity contribution in [2.75, 3.05) is 18.7 Å². The third kappa shape index (κ3) is 3.80. The summed E-state index contributed by atoms with van der Waals surface area (Å²) >= 11 is 5.99. The summed E-state index contributed by atoms with van der Waals surface area (Å²) in [6, 6.07) is 5.76. The standard InChI is InChI=1S/C16H11ClF2N2O4/c17-10-3-8(4-13-15(10)25-7-24-13)16(23)20-6-14(22)21-9-1-2-11(18)12(19)5-9/h1-5H,6-7H2,(H,20,23)(H,21,22). The maximum Gasteiger partial charge on any atom is 0.251 e. The maximum absolute atomic E-state index is 13.1. The fourth-order valence-electron chi connectivity index (χ4n) is 2.14. The quantitative estimate of drug-likeness (QED) is 0.870. The number of carbonyl (C=O) groups is 2. The van der Waals surface area contributed by atoms with Crippen LogP contribution in [-0.4, -0.2) is 25.2 Å². The second-order valence-corrected chi connectivity index (χ2v) is 5.46. The second kappa shape index (κ2) is 6.94. The van der Waals surface area contributed by atoms with E-state index in [1.54, 1.807) is 0 Å². The molecular formula is C16H11ClF2N2O4. The minimum Gasteiger partial charge on any atom is -0.454 e. The lowest BCUT2D eigenvalue weighted by molar-refractivity contribution is -0.115. The van der Waals surface area contributed by atoms with E-state index in [1.165, 1.54) is 18.2 Å². The van der Waals surface area contributed by atoms with Crippen molar-refractivity contribution in [3.05, 3.63) is 52.6 Å². The molecule has 0 atom stereocenters. The van der Waals surface area contributed by atoms with Crippen molar-refractivity contribution in [3.8, 4) is 11.5 Å². The van der Waals surface area contributed by atoms with Crippen LogP contribution in [0.15, 0.2) is 30.3 Å². The van der Waals surface area contributed by atoms with Gasteiger partial charge in [0.2, 0.25) is 12.7 Å². The van der Waals surface area contributed by atoms with Crippen molar-refractivity contribution in [3.63, 3.8) is 0 Å². The lowest BCUT2D eigenvalue weighted by Crippen LogP contribution is -2.32. The zero-order chi connectivity index (χ0) is 18.0. The molecule has 0 fully saturated rings. The van der Waals surface area contributed by atoms with Gasteiger partial charge in [-0.2, -0.15) is 0 Å². The Kier molecular flexibility index (Phi) is 4.71. The molecule has 0 spiro atoms. The van der Waals surface area contributed by atoms with E-state index < -0.39 is 23.4 Å². The minimum atomic E-state index is -1.09. The number of carbonyl (C=O) groups excluding carboxylic acids is 2. The largest absolute Gasteiger partial charge is 0.454 e. The van der Waals surface area contributed by atoms with Crippen LogP contribution in [0.3, 0.4) is 0 Å². The number of hydrogen-bond donors (Lipinski definition) is 2. The summed E-state index contributed by atoms with van der Waals surface area (Å²) in [6.45, 7) is -0.360. The van der Waals surface area contributed by atoms with E-state index in [2.05, 4.69) is 10.6 Å². The number of nitrogens with one attached hydrogen (secondary N) is 2.